The smallest absolute Gasteiger partial charge is 0.310 e. The summed E-state index contributed by atoms with van der Waals surface area (Å²) in [7, 11) is 0. The van der Waals surface area contributed by atoms with E-state index in [1.807, 2.05) is 6.92 Å². The van der Waals surface area contributed by atoms with E-state index in [0.29, 0.717) is 22.2 Å². The van der Waals surface area contributed by atoms with Gasteiger partial charge in [-0.05, 0) is 37.1 Å². The number of alkyl halides is 3. The molecule has 0 saturated carbocycles. The average Bonchev–Trinajstić information content (AvgIpc) is 2.29. The summed E-state index contributed by atoms with van der Waals surface area (Å²) < 4.78 is 37.0. The van der Waals surface area contributed by atoms with Crippen molar-refractivity contribution in [3.8, 4) is 0 Å². The van der Waals surface area contributed by atoms with Crippen LogP contribution >= 0.6 is 23.2 Å². The first-order chi connectivity index (χ1) is 8.83. The van der Waals surface area contributed by atoms with E-state index in [4.69, 9.17) is 23.2 Å². The molecule has 0 aliphatic rings. The summed E-state index contributed by atoms with van der Waals surface area (Å²) in [6.45, 7) is 2.60. The first-order valence-electron chi connectivity index (χ1n) is 6.08. The van der Waals surface area contributed by atoms with E-state index >= 15 is 0 Å². The lowest BCUT2D eigenvalue weighted by Gasteiger charge is -2.21. The van der Waals surface area contributed by atoms with Crippen LogP contribution in [-0.2, 0) is 0 Å². The molecule has 1 nitrogen and oxygen atoms in total. The van der Waals surface area contributed by atoms with Crippen molar-refractivity contribution in [3.05, 3.63) is 33.8 Å². The molecule has 6 heteroatoms. The van der Waals surface area contributed by atoms with Crippen molar-refractivity contribution in [1.29, 1.82) is 0 Å². The van der Waals surface area contributed by atoms with E-state index in [-0.39, 0.29) is 6.42 Å². The van der Waals surface area contributed by atoms with Gasteiger partial charge in [0.05, 0.1) is 0 Å². The SMILES string of the molecule is CCCNC(CCC(F)(F)F)c1ccc(Cl)cc1Cl. The highest BCUT2D eigenvalue weighted by atomic mass is 35.5. The van der Waals surface area contributed by atoms with Gasteiger partial charge in [-0.3, -0.25) is 0 Å². The topological polar surface area (TPSA) is 12.0 Å². The van der Waals surface area contributed by atoms with Gasteiger partial charge in [-0.25, -0.2) is 0 Å². The van der Waals surface area contributed by atoms with E-state index in [0.717, 1.165) is 6.42 Å². The van der Waals surface area contributed by atoms with E-state index in [1.165, 1.54) is 0 Å². The maximum atomic E-state index is 12.3. The molecule has 0 heterocycles. The molecule has 0 bridgehead atoms. The Morgan fingerprint density at radius 1 is 1.26 bits per heavy atom. The Morgan fingerprint density at radius 3 is 2.47 bits per heavy atom. The van der Waals surface area contributed by atoms with E-state index in [9.17, 15) is 13.2 Å². The Balaban J connectivity index is 2.83. The summed E-state index contributed by atoms with van der Waals surface area (Å²) in [5, 5.41) is 3.95. The number of benzene rings is 1. The van der Waals surface area contributed by atoms with Gasteiger partial charge in [-0.1, -0.05) is 36.2 Å². The van der Waals surface area contributed by atoms with E-state index in [2.05, 4.69) is 5.32 Å². The molecule has 0 amide bonds. The maximum Gasteiger partial charge on any atom is 0.389 e. The Kier molecular flexibility index (Phi) is 6.43. The van der Waals surface area contributed by atoms with Gasteiger partial charge in [0, 0.05) is 22.5 Å². The number of hydrogen-bond donors (Lipinski definition) is 1. The van der Waals surface area contributed by atoms with Crippen molar-refractivity contribution >= 4 is 23.2 Å². The van der Waals surface area contributed by atoms with Gasteiger partial charge in [-0.2, -0.15) is 13.2 Å². The Bertz CT molecular complexity index is 407. The fourth-order valence-corrected chi connectivity index (χ4v) is 2.32. The van der Waals surface area contributed by atoms with Crippen LogP contribution in [0.1, 0.15) is 37.8 Å². The number of halogens is 5. The van der Waals surface area contributed by atoms with Gasteiger partial charge in [0.25, 0.3) is 0 Å². The average molecular weight is 314 g/mol. The second-order valence-corrected chi connectivity index (χ2v) is 5.17. The van der Waals surface area contributed by atoms with E-state index in [1.54, 1.807) is 18.2 Å². The molecule has 108 valence electrons. The molecule has 1 aromatic rings. The summed E-state index contributed by atoms with van der Waals surface area (Å²) in [5.74, 6) is 0. The lowest BCUT2D eigenvalue weighted by atomic mass is 10.0. The predicted octanol–water partition coefficient (Wildman–Crippen LogP) is 5.38. The first-order valence-corrected chi connectivity index (χ1v) is 6.84. The zero-order chi connectivity index (χ0) is 14.5. The van der Waals surface area contributed by atoms with E-state index < -0.39 is 18.6 Å². The van der Waals surface area contributed by atoms with Crippen molar-refractivity contribution in [2.75, 3.05) is 6.54 Å². The van der Waals surface area contributed by atoms with Crippen molar-refractivity contribution in [3.63, 3.8) is 0 Å². The zero-order valence-corrected chi connectivity index (χ0v) is 12.0. The predicted molar refractivity (Wildman–Crippen MR) is 72.8 cm³/mol. The van der Waals surface area contributed by atoms with Crippen LogP contribution in [0.4, 0.5) is 13.2 Å². The Hall–Kier alpha value is -0.450. The molecule has 0 aromatic heterocycles. The lowest BCUT2D eigenvalue weighted by molar-refractivity contribution is -0.136. The second-order valence-electron chi connectivity index (χ2n) is 4.33. The fourth-order valence-electron chi connectivity index (χ4n) is 1.78. The van der Waals surface area contributed by atoms with Crippen molar-refractivity contribution < 1.29 is 13.2 Å². The molecule has 0 aliphatic carbocycles. The zero-order valence-electron chi connectivity index (χ0n) is 10.5. The number of rotatable bonds is 6. The Labute approximate surface area is 121 Å². The molecule has 19 heavy (non-hydrogen) atoms. The van der Waals surface area contributed by atoms with Crippen LogP contribution in [0.2, 0.25) is 10.0 Å². The Morgan fingerprint density at radius 2 is 1.95 bits per heavy atom. The highest BCUT2D eigenvalue weighted by Crippen LogP contribution is 2.32. The number of hydrogen-bond acceptors (Lipinski definition) is 1. The van der Waals surface area contributed by atoms with Gasteiger partial charge < -0.3 is 5.32 Å². The quantitative estimate of drug-likeness (QED) is 0.743. The summed E-state index contributed by atoms with van der Waals surface area (Å²) in [6, 6.07) is 4.45. The van der Waals surface area contributed by atoms with Crippen LogP contribution in [0.3, 0.4) is 0 Å². The first kappa shape index (κ1) is 16.6. The fraction of sp³-hybridized carbons (Fsp3) is 0.538. The molecular formula is C13H16Cl2F3N. The highest BCUT2D eigenvalue weighted by molar-refractivity contribution is 6.35. The molecule has 0 spiro atoms. The van der Waals surface area contributed by atoms with Gasteiger partial charge in [-0.15, -0.1) is 0 Å². The summed E-state index contributed by atoms with van der Waals surface area (Å²) in [4.78, 5) is 0. The van der Waals surface area contributed by atoms with Gasteiger partial charge >= 0.3 is 6.18 Å². The molecule has 1 rings (SSSR count). The van der Waals surface area contributed by atoms with Crippen LogP contribution in [0, 0.1) is 0 Å². The molecule has 1 unspecified atom stereocenters. The normalized spacial score (nSPS) is 13.6. The number of nitrogens with one attached hydrogen (secondary N) is 1. The molecule has 0 aliphatic heterocycles. The molecule has 0 saturated heterocycles. The molecule has 1 atom stereocenters. The molecule has 1 N–H and O–H groups in total. The third-order valence-corrected chi connectivity index (χ3v) is 3.26. The van der Waals surface area contributed by atoms with Gasteiger partial charge in [0.2, 0.25) is 0 Å². The molecule has 0 radical (unpaired) electrons. The van der Waals surface area contributed by atoms with Gasteiger partial charge in [0.15, 0.2) is 0 Å². The van der Waals surface area contributed by atoms with Crippen LogP contribution in [0.25, 0.3) is 0 Å². The third-order valence-electron chi connectivity index (χ3n) is 2.70. The monoisotopic (exact) mass is 313 g/mol. The minimum absolute atomic E-state index is 0.0369. The minimum Gasteiger partial charge on any atom is -0.310 e. The highest BCUT2D eigenvalue weighted by Gasteiger charge is 2.29. The summed E-state index contributed by atoms with van der Waals surface area (Å²) in [5.41, 5.74) is 0.656. The van der Waals surface area contributed by atoms with Crippen LogP contribution in [0.5, 0.6) is 0 Å². The summed E-state index contributed by atoms with van der Waals surface area (Å²) in [6.07, 6.45) is -4.20. The van der Waals surface area contributed by atoms with Gasteiger partial charge in [0.1, 0.15) is 0 Å². The van der Waals surface area contributed by atoms with Crippen molar-refractivity contribution in [1.82, 2.24) is 5.32 Å². The van der Waals surface area contributed by atoms with Crippen LogP contribution in [0.15, 0.2) is 18.2 Å². The standard InChI is InChI=1S/C13H16Cl2F3N/c1-2-7-19-12(5-6-13(16,17)18)10-4-3-9(14)8-11(10)15/h3-4,8,12,19H,2,5-7H2,1H3. The van der Waals surface area contributed by atoms with Crippen LogP contribution < -0.4 is 5.32 Å². The molecular weight excluding hydrogens is 298 g/mol. The van der Waals surface area contributed by atoms with Crippen LogP contribution in [-0.4, -0.2) is 12.7 Å². The lowest BCUT2D eigenvalue weighted by Crippen LogP contribution is -2.24. The third kappa shape index (κ3) is 6.02. The largest absolute Gasteiger partial charge is 0.389 e. The van der Waals surface area contributed by atoms with Crippen molar-refractivity contribution in [2.45, 2.75) is 38.4 Å². The maximum absolute atomic E-state index is 12.3. The molecule has 0 fully saturated rings. The van der Waals surface area contributed by atoms with Crippen molar-refractivity contribution in [2.24, 2.45) is 0 Å². The molecule has 1 aromatic carbocycles. The summed E-state index contributed by atoms with van der Waals surface area (Å²) >= 11 is 11.8. The second kappa shape index (κ2) is 7.36. The minimum atomic E-state index is -4.16.